The molecule has 1 fully saturated rings. The van der Waals surface area contributed by atoms with E-state index in [1.165, 1.54) is 153 Å². The maximum Gasteiger partial charge on any atom is 0.0541 e. The van der Waals surface area contributed by atoms with Crippen molar-refractivity contribution in [3.63, 3.8) is 0 Å². The molecule has 2 aromatic heterocycles. The molecule has 0 amide bonds. The third-order valence-corrected chi connectivity index (χ3v) is 15.5. The van der Waals surface area contributed by atoms with Crippen LogP contribution in [-0.2, 0) is 5.41 Å². The minimum absolute atomic E-state index is 0.0430. The first-order valence-electron chi connectivity index (χ1n) is 24.4. The number of para-hydroxylation sites is 2. The smallest absolute Gasteiger partial charge is 0.0541 e. The molecule has 2 heteroatoms. The Morgan fingerprint density at radius 3 is 1.18 bits per heavy atom. The maximum absolute atomic E-state index is 2.52. The molecule has 1 spiro atoms. The van der Waals surface area contributed by atoms with Gasteiger partial charge in [-0.25, -0.2) is 0 Å². The van der Waals surface area contributed by atoms with Crippen molar-refractivity contribution in [1.82, 2.24) is 9.13 Å². The van der Waals surface area contributed by atoms with Gasteiger partial charge in [0.2, 0.25) is 0 Å². The van der Waals surface area contributed by atoms with Crippen LogP contribution in [0.2, 0.25) is 0 Å². The van der Waals surface area contributed by atoms with Crippen LogP contribution in [0, 0.1) is 0 Å². The Labute approximate surface area is 396 Å². The summed E-state index contributed by atoms with van der Waals surface area (Å²) in [4.78, 5) is 0. The molecular weight excluding hydrogens is 821 g/mol. The average Bonchev–Trinajstić information content (AvgIpc) is 4.00. The Hall–Kier alpha value is -8.20. The number of fused-ring (bicyclic) bond motifs is 13. The molecule has 0 N–H and O–H groups in total. The molecule has 0 saturated heterocycles. The summed E-state index contributed by atoms with van der Waals surface area (Å²) < 4.78 is 4.88. The molecule has 68 heavy (non-hydrogen) atoms. The molecule has 0 bridgehead atoms. The van der Waals surface area contributed by atoms with E-state index in [0.29, 0.717) is 0 Å². The van der Waals surface area contributed by atoms with Gasteiger partial charge in [-0.15, -0.1) is 0 Å². The predicted octanol–water partition coefficient (Wildman–Crippen LogP) is 17.8. The molecule has 1 saturated carbocycles. The third kappa shape index (κ3) is 6.03. The second-order valence-corrected chi connectivity index (χ2v) is 19.2. The van der Waals surface area contributed by atoms with E-state index in [9.17, 15) is 0 Å². The van der Waals surface area contributed by atoms with Crippen molar-refractivity contribution in [2.75, 3.05) is 0 Å². The maximum atomic E-state index is 2.52. The zero-order valence-corrected chi connectivity index (χ0v) is 37.9. The Morgan fingerprint density at radius 1 is 0.309 bits per heavy atom. The summed E-state index contributed by atoms with van der Waals surface area (Å²) in [5, 5.41) is 10.1. The molecule has 322 valence electrons. The van der Waals surface area contributed by atoms with Crippen molar-refractivity contribution in [3.05, 3.63) is 240 Å². The normalized spacial score (nSPS) is 14.5. The number of benzene rings is 10. The van der Waals surface area contributed by atoms with Crippen LogP contribution in [0.15, 0.2) is 206 Å². The first-order valence-corrected chi connectivity index (χ1v) is 24.4. The van der Waals surface area contributed by atoms with Crippen molar-refractivity contribution in [2.24, 2.45) is 0 Å². The first kappa shape index (κ1) is 39.0. The lowest BCUT2D eigenvalue weighted by molar-refractivity contribution is 0.353. The fourth-order valence-corrected chi connectivity index (χ4v) is 12.3. The van der Waals surface area contributed by atoms with Gasteiger partial charge in [-0.05, 0) is 117 Å². The Bertz CT molecular complexity index is 3800. The fraction of sp³-hybridized carbons (Fsp3) is 0.0909. The molecule has 0 radical (unpaired) electrons. The number of hydrogen-bond acceptors (Lipinski definition) is 0. The minimum atomic E-state index is 0.0430. The molecule has 2 aliphatic carbocycles. The standard InChI is InChI=1S/C66H48N2/c1-10-38-66(39-11-1)58-42-46(28-26-44-32-36-64-56(40-44)54-20-6-8-22-62(54)67(64)60-24-12-16-48-14-2-4-18-50(48)60)30-34-52(58)53-35-31-47(43-59(53)66)29-27-45-33-37-65-57(41-45)55-21-7-9-23-63(55)68(65)61-25-13-17-49-15-3-5-19-51(49)61/h2-9,12-37,40-43H,1,10-11,38-39H2. The largest absolute Gasteiger partial charge is 0.309 e. The Kier molecular flexibility index (Phi) is 8.86. The van der Waals surface area contributed by atoms with E-state index in [0.717, 1.165) is 0 Å². The van der Waals surface area contributed by atoms with Crippen molar-refractivity contribution in [1.29, 1.82) is 0 Å². The zero-order valence-electron chi connectivity index (χ0n) is 37.9. The molecule has 2 aliphatic rings. The second-order valence-electron chi connectivity index (χ2n) is 19.2. The van der Waals surface area contributed by atoms with Crippen LogP contribution in [0.5, 0.6) is 0 Å². The van der Waals surface area contributed by atoms with Gasteiger partial charge in [-0.3, -0.25) is 0 Å². The number of hydrogen-bond donors (Lipinski definition) is 0. The van der Waals surface area contributed by atoms with Crippen molar-refractivity contribution in [2.45, 2.75) is 37.5 Å². The molecule has 0 aliphatic heterocycles. The van der Waals surface area contributed by atoms with E-state index in [-0.39, 0.29) is 5.41 Å². The topological polar surface area (TPSA) is 9.86 Å². The van der Waals surface area contributed by atoms with Crippen LogP contribution in [0.25, 0.3) is 112 Å². The van der Waals surface area contributed by atoms with Crippen LogP contribution < -0.4 is 0 Å². The summed E-state index contributed by atoms with van der Waals surface area (Å²) >= 11 is 0. The summed E-state index contributed by atoms with van der Waals surface area (Å²) in [5.41, 5.74) is 18.2. The van der Waals surface area contributed by atoms with Gasteiger partial charge in [0.15, 0.2) is 0 Å². The van der Waals surface area contributed by atoms with E-state index < -0.39 is 0 Å². The molecule has 2 heterocycles. The summed E-state index contributed by atoms with van der Waals surface area (Å²) in [5.74, 6) is 0. The van der Waals surface area contributed by atoms with Gasteiger partial charge in [-0.2, -0.15) is 0 Å². The van der Waals surface area contributed by atoms with Crippen LogP contribution in [0.4, 0.5) is 0 Å². The lowest BCUT2D eigenvalue weighted by Crippen LogP contribution is -2.28. The Morgan fingerprint density at radius 2 is 0.691 bits per heavy atom. The lowest BCUT2D eigenvalue weighted by Gasteiger charge is -2.36. The van der Waals surface area contributed by atoms with Gasteiger partial charge in [0.1, 0.15) is 0 Å². The molecule has 0 unspecified atom stereocenters. The summed E-state index contributed by atoms with van der Waals surface area (Å²) in [7, 11) is 0. The van der Waals surface area contributed by atoms with Crippen molar-refractivity contribution < 1.29 is 0 Å². The van der Waals surface area contributed by atoms with Gasteiger partial charge in [-0.1, -0.05) is 201 Å². The molecule has 10 aromatic carbocycles. The lowest BCUT2D eigenvalue weighted by atomic mass is 9.67. The fourth-order valence-electron chi connectivity index (χ4n) is 12.3. The van der Waals surface area contributed by atoms with E-state index in [1.54, 1.807) is 0 Å². The predicted molar refractivity (Wildman–Crippen MR) is 290 cm³/mol. The second kappa shape index (κ2) is 15.4. The summed E-state index contributed by atoms with van der Waals surface area (Å²) in [6.07, 6.45) is 15.5. The van der Waals surface area contributed by atoms with Crippen LogP contribution in [0.1, 0.15) is 65.5 Å². The first-order chi connectivity index (χ1) is 33.7. The van der Waals surface area contributed by atoms with Crippen molar-refractivity contribution in [3.8, 4) is 22.5 Å². The monoisotopic (exact) mass is 868 g/mol. The van der Waals surface area contributed by atoms with Gasteiger partial charge >= 0.3 is 0 Å². The quantitative estimate of drug-likeness (QED) is 0.147. The van der Waals surface area contributed by atoms with Gasteiger partial charge in [0.05, 0.1) is 33.4 Å². The highest BCUT2D eigenvalue weighted by atomic mass is 15.0. The molecular formula is C66H48N2. The van der Waals surface area contributed by atoms with E-state index >= 15 is 0 Å². The van der Waals surface area contributed by atoms with E-state index in [4.69, 9.17) is 0 Å². The summed E-state index contributed by atoms with van der Waals surface area (Å²) in [6.45, 7) is 0. The highest BCUT2D eigenvalue weighted by Crippen LogP contribution is 2.56. The van der Waals surface area contributed by atoms with Crippen LogP contribution >= 0.6 is 0 Å². The zero-order chi connectivity index (χ0) is 44.8. The van der Waals surface area contributed by atoms with Crippen molar-refractivity contribution >= 4 is 89.5 Å². The number of rotatable bonds is 6. The van der Waals surface area contributed by atoms with Gasteiger partial charge in [0, 0.05) is 37.7 Å². The molecule has 0 atom stereocenters. The SMILES string of the molecule is C(=Cc1ccc2c(c1)c1ccccc1n2-c1cccc2ccccc12)c1ccc2c(c1)C1(CCCCC1)c1cc(C=Cc3ccc4c(c3)c3ccccc3n4-c3cccc4ccccc34)ccc1-2. The van der Waals surface area contributed by atoms with E-state index in [2.05, 4.69) is 240 Å². The molecule has 2 nitrogen and oxygen atoms in total. The minimum Gasteiger partial charge on any atom is -0.309 e. The highest BCUT2D eigenvalue weighted by Gasteiger charge is 2.43. The molecule has 14 rings (SSSR count). The number of nitrogens with zero attached hydrogens (tertiary/aromatic N) is 2. The van der Waals surface area contributed by atoms with Crippen LogP contribution in [0.3, 0.4) is 0 Å². The third-order valence-electron chi connectivity index (χ3n) is 15.5. The Balaban J connectivity index is 0.791. The highest BCUT2D eigenvalue weighted by molar-refractivity contribution is 6.12. The van der Waals surface area contributed by atoms with Crippen LogP contribution in [-0.4, -0.2) is 9.13 Å². The summed E-state index contributed by atoms with van der Waals surface area (Å²) in [6, 6.07) is 76.7. The van der Waals surface area contributed by atoms with Gasteiger partial charge < -0.3 is 9.13 Å². The number of aromatic nitrogens is 2. The van der Waals surface area contributed by atoms with Gasteiger partial charge in [0.25, 0.3) is 0 Å². The van der Waals surface area contributed by atoms with E-state index in [1.807, 2.05) is 0 Å². The average molecular weight is 869 g/mol. The molecule has 12 aromatic rings.